The summed E-state index contributed by atoms with van der Waals surface area (Å²) in [6, 6.07) is 0. The highest BCUT2D eigenvalue weighted by molar-refractivity contribution is 7.47. The number of ether oxygens (including phenoxy) is 4. The van der Waals surface area contributed by atoms with Crippen LogP contribution in [-0.2, 0) is 65.4 Å². The molecule has 0 aliphatic carbocycles. The second-order valence-electron chi connectivity index (χ2n) is 28.1. The highest BCUT2D eigenvalue weighted by atomic mass is 31.2. The zero-order chi connectivity index (χ0) is 68.7. The molecule has 0 rings (SSSR count). The van der Waals surface area contributed by atoms with Crippen LogP contribution in [-0.4, -0.2) is 96.7 Å². The number of unbranched alkanes of at least 4 members (excludes halogenated alkanes) is 40. The first kappa shape index (κ1) is 91.1. The molecule has 93 heavy (non-hydrogen) atoms. The van der Waals surface area contributed by atoms with E-state index in [2.05, 4.69) is 48.5 Å². The Bertz CT molecular complexity index is 1820. The Morgan fingerprint density at radius 1 is 0.290 bits per heavy atom. The summed E-state index contributed by atoms with van der Waals surface area (Å²) in [6.07, 6.45) is 50.2. The lowest BCUT2D eigenvalue weighted by Gasteiger charge is -2.21. The number of hydrogen-bond donors (Lipinski definition) is 3. The van der Waals surface area contributed by atoms with Gasteiger partial charge in [0, 0.05) is 25.7 Å². The second-order valence-corrected chi connectivity index (χ2v) is 31.0. The van der Waals surface area contributed by atoms with Crippen molar-refractivity contribution in [1.29, 1.82) is 0 Å². The predicted molar refractivity (Wildman–Crippen MR) is 377 cm³/mol. The van der Waals surface area contributed by atoms with E-state index in [9.17, 15) is 43.2 Å². The first-order chi connectivity index (χ1) is 44.7. The fraction of sp³-hybridized carbons (Fsp3) is 0.946. The number of phosphoric ester groups is 2. The molecule has 19 heteroatoms. The van der Waals surface area contributed by atoms with Gasteiger partial charge in [-0.3, -0.25) is 37.3 Å². The summed E-state index contributed by atoms with van der Waals surface area (Å²) in [5.41, 5.74) is 0. The number of esters is 4. The van der Waals surface area contributed by atoms with Gasteiger partial charge in [0.15, 0.2) is 12.2 Å². The van der Waals surface area contributed by atoms with E-state index in [0.717, 1.165) is 102 Å². The summed E-state index contributed by atoms with van der Waals surface area (Å²) in [4.78, 5) is 72.7. The molecule has 0 saturated heterocycles. The van der Waals surface area contributed by atoms with Gasteiger partial charge in [-0.1, -0.05) is 325 Å². The second kappa shape index (κ2) is 64.7. The van der Waals surface area contributed by atoms with Gasteiger partial charge >= 0.3 is 39.5 Å². The summed E-state index contributed by atoms with van der Waals surface area (Å²) in [5, 5.41) is 10.6. The molecule has 2 unspecified atom stereocenters. The summed E-state index contributed by atoms with van der Waals surface area (Å²) in [5.74, 6) is 0.0588. The van der Waals surface area contributed by atoms with Gasteiger partial charge in [0.2, 0.25) is 0 Å². The zero-order valence-electron chi connectivity index (χ0n) is 60.7. The topological polar surface area (TPSA) is 237 Å². The minimum Gasteiger partial charge on any atom is -0.462 e. The SMILES string of the molecule is CCCCCCCCCCCCCCCCCCCCC(=O)O[C@H](COC(=O)CCCCCCCCCCCCCCC(C)C)COP(=O)(O)OC[C@@H](O)COP(=O)(O)OC[C@@H](COC(=O)CCCCCCCCCC(C)C)OC(=O)CCCCCCCCCC(C)C. The lowest BCUT2D eigenvalue weighted by Crippen LogP contribution is -2.30. The maximum atomic E-state index is 13.1. The van der Waals surface area contributed by atoms with E-state index in [1.54, 1.807) is 0 Å². The lowest BCUT2D eigenvalue weighted by molar-refractivity contribution is -0.161. The maximum absolute atomic E-state index is 13.1. The third-order valence-corrected chi connectivity index (χ3v) is 19.0. The standard InChI is InChI=1S/C74H144O17P2/c1-8-9-10-11-12-13-14-15-16-17-18-19-20-25-28-35-43-50-57-73(78)90-69(61-84-71(76)55-48-41-34-27-24-22-21-23-26-31-38-45-52-65(2)3)63-88-92(80,81)86-59-68(75)60-87-93(82,83)89-64-70(91-74(79)58-51-44-37-30-33-40-47-54-67(6)7)62-85-72(77)56-49-42-36-29-32-39-46-53-66(4)5/h65-70,75H,8-64H2,1-7H3,(H,80,81)(H,82,83)/t68-,69-,70-/m1/s1. The number of aliphatic hydroxyl groups is 1. The van der Waals surface area contributed by atoms with Gasteiger partial charge < -0.3 is 33.8 Å². The highest BCUT2D eigenvalue weighted by Crippen LogP contribution is 2.45. The molecule has 5 atom stereocenters. The van der Waals surface area contributed by atoms with Gasteiger partial charge in [0.25, 0.3) is 0 Å². The third kappa shape index (κ3) is 68.4. The Hall–Kier alpha value is -1.94. The molecule has 0 aliphatic heterocycles. The Balaban J connectivity index is 5.23. The highest BCUT2D eigenvalue weighted by Gasteiger charge is 2.30. The van der Waals surface area contributed by atoms with Crippen LogP contribution in [0.25, 0.3) is 0 Å². The van der Waals surface area contributed by atoms with Crippen molar-refractivity contribution >= 4 is 39.5 Å². The molecular weight excluding hydrogens is 1220 g/mol. The number of phosphoric acid groups is 2. The van der Waals surface area contributed by atoms with E-state index in [-0.39, 0.29) is 25.7 Å². The van der Waals surface area contributed by atoms with Crippen LogP contribution in [0.2, 0.25) is 0 Å². The largest absolute Gasteiger partial charge is 0.472 e. The predicted octanol–water partition coefficient (Wildman–Crippen LogP) is 21.4. The van der Waals surface area contributed by atoms with Crippen LogP contribution in [0.1, 0.15) is 376 Å². The molecule has 0 aromatic heterocycles. The average Bonchev–Trinajstić information content (AvgIpc) is 2.41. The molecular formula is C74H144O17P2. The van der Waals surface area contributed by atoms with E-state index in [1.165, 1.54) is 180 Å². The van der Waals surface area contributed by atoms with Crippen molar-refractivity contribution in [1.82, 2.24) is 0 Å². The summed E-state index contributed by atoms with van der Waals surface area (Å²) < 4.78 is 68.4. The molecule has 0 amide bonds. The maximum Gasteiger partial charge on any atom is 0.472 e. The summed E-state index contributed by atoms with van der Waals surface area (Å²) >= 11 is 0. The van der Waals surface area contributed by atoms with Crippen LogP contribution in [0.5, 0.6) is 0 Å². The van der Waals surface area contributed by atoms with Gasteiger partial charge in [-0.25, -0.2) is 9.13 Å². The number of carbonyl (C=O) groups is 4. The molecule has 0 spiro atoms. The molecule has 0 radical (unpaired) electrons. The molecule has 0 aromatic carbocycles. The molecule has 0 saturated carbocycles. The molecule has 0 heterocycles. The minimum atomic E-state index is -4.96. The van der Waals surface area contributed by atoms with Crippen LogP contribution >= 0.6 is 15.6 Å². The first-order valence-electron chi connectivity index (χ1n) is 38.3. The number of aliphatic hydroxyl groups excluding tert-OH is 1. The molecule has 0 aromatic rings. The van der Waals surface area contributed by atoms with Gasteiger partial charge in [0.1, 0.15) is 19.3 Å². The lowest BCUT2D eigenvalue weighted by atomic mass is 10.0. The van der Waals surface area contributed by atoms with E-state index in [0.29, 0.717) is 37.5 Å². The van der Waals surface area contributed by atoms with Crippen molar-refractivity contribution in [3.05, 3.63) is 0 Å². The number of hydrogen-bond acceptors (Lipinski definition) is 15. The van der Waals surface area contributed by atoms with Crippen molar-refractivity contribution < 1.29 is 80.2 Å². The van der Waals surface area contributed by atoms with E-state index in [1.807, 2.05) is 0 Å². The zero-order valence-corrected chi connectivity index (χ0v) is 62.5. The van der Waals surface area contributed by atoms with Crippen LogP contribution in [0.3, 0.4) is 0 Å². The van der Waals surface area contributed by atoms with Gasteiger partial charge in [-0.15, -0.1) is 0 Å². The van der Waals surface area contributed by atoms with Crippen molar-refractivity contribution in [2.45, 2.75) is 394 Å². The Kier molecular flexibility index (Phi) is 63.4. The monoisotopic (exact) mass is 1370 g/mol. The molecule has 0 aliphatic rings. The van der Waals surface area contributed by atoms with Crippen molar-refractivity contribution in [3.63, 3.8) is 0 Å². The average molecular weight is 1370 g/mol. The van der Waals surface area contributed by atoms with E-state index >= 15 is 0 Å². The molecule has 0 bridgehead atoms. The Labute approximate surface area is 568 Å². The van der Waals surface area contributed by atoms with Gasteiger partial charge in [-0.2, -0.15) is 0 Å². The number of rotatable bonds is 72. The van der Waals surface area contributed by atoms with Crippen molar-refractivity contribution in [2.75, 3.05) is 39.6 Å². The van der Waals surface area contributed by atoms with Gasteiger partial charge in [0.05, 0.1) is 26.4 Å². The Morgan fingerprint density at radius 3 is 0.731 bits per heavy atom. The smallest absolute Gasteiger partial charge is 0.462 e. The van der Waals surface area contributed by atoms with Crippen LogP contribution in [0.15, 0.2) is 0 Å². The van der Waals surface area contributed by atoms with Gasteiger partial charge in [-0.05, 0) is 43.4 Å². The third-order valence-electron chi connectivity index (χ3n) is 17.1. The molecule has 552 valence electrons. The van der Waals surface area contributed by atoms with Crippen LogP contribution in [0.4, 0.5) is 0 Å². The Morgan fingerprint density at radius 2 is 0.495 bits per heavy atom. The summed E-state index contributed by atoms with van der Waals surface area (Å²) in [7, 11) is -9.91. The van der Waals surface area contributed by atoms with E-state index in [4.69, 9.17) is 37.0 Å². The van der Waals surface area contributed by atoms with E-state index < -0.39 is 97.5 Å². The van der Waals surface area contributed by atoms with Crippen molar-refractivity contribution in [3.8, 4) is 0 Å². The quantitative estimate of drug-likeness (QED) is 0.0222. The minimum absolute atomic E-state index is 0.103. The fourth-order valence-corrected chi connectivity index (χ4v) is 12.8. The fourth-order valence-electron chi connectivity index (χ4n) is 11.2. The summed E-state index contributed by atoms with van der Waals surface area (Å²) in [6.45, 7) is 11.8. The van der Waals surface area contributed by atoms with Crippen molar-refractivity contribution in [2.24, 2.45) is 17.8 Å². The normalized spacial score (nSPS) is 14.1. The first-order valence-corrected chi connectivity index (χ1v) is 41.3. The van der Waals surface area contributed by atoms with Crippen LogP contribution < -0.4 is 0 Å². The molecule has 3 N–H and O–H groups in total. The number of carbonyl (C=O) groups excluding carboxylic acids is 4. The molecule has 0 fully saturated rings. The van der Waals surface area contributed by atoms with Crippen LogP contribution in [0, 0.1) is 17.8 Å². The molecule has 17 nitrogen and oxygen atoms in total.